The van der Waals surface area contributed by atoms with Crippen LogP contribution < -0.4 is 20.9 Å². The topological polar surface area (TPSA) is 97.3 Å². The molecule has 3 N–H and O–H groups in total. The molecule has 0 spiro atoms. The Kier molecular flexibility index (Phi) is 3.69. The molecular weight excluding hydrogens is 341 g/mol. The summed E-state index contributed by atoms with van der Waals surface area (Å²) < 4.78 is 21.9. The lowest BCUT2D eigenvalue weighted by Crippen LogP contribution is -2.33. The highest BCUT2D eigenvalue weighted by atomic mass is 19.1. The van der Waals surface area contributed by atoms with Gasteiger partial charge in [0.1, 0.15) is 11.3 Å². The molecule has 7 nitrogen and oxygen atoms in total. The molecule has 0 aromatic carbocycles. The van der Waals surface area contributed by atoms with E-state index in [1.807, 2.05) is 18.7 Å². The third-order valence-electron chi connectivity index (χ3n) is 5.30. The van der Waals surface area contributed by atoms with Crippen LogP contribution in [-0.2, 0) is 0 Å². The molecule has 0 unspecified atom stereocenters. The van der Waals surface area contributed by atoms with Gasteiger partial charge in [0, 0.05) is 24.5 Å². The number of hydrogen-bond donors (Lipinski definition) is 2. The monoisotopic (exact) mass is 361 g/mol. The Morgan fingerprint density at radius 3 is 2.77 bits per heavy atom. The van der Waals surface area contributed by atoms with Gasteiger partial charge in [-0.2, -0.15) is 0 Å². The molecule has 26 heavy (non-hydrogen) atoms. The zero-order valence-electron chi connectivity index (χ0n) is 14.5. The van der Waals surface area contributed by atoms with E-state index in [1.54, 1.807) is 0 Å². The van der Waals surface area contributed by atoms with Gasteiger partial charge in [-0.15, -0.1) is 0 Å². The summed E-state index contributed by atoms with van der Waals surface area (Å²) in [5, 5.41) is 9.32. The first kappa shape index (κ1) is 16.8. The maximum Gasteiger partial charge on any atom is 0.341 e. The molecule has 0 bridgehead atoms. The molecule has 0 amide bonds. The summed E-state index contributed by atoms with van der Waals surface area (Å²) in [5.41, 5.74) is 6.27. The summed E-state index contributed by atoms with van der Waals surface area (Å²) in [4.78, 5) is 25.8. The SMILES string of the molecule is C[C@H]1COc2c(N3C[C@@H](N)C[C@@H]3C)c(F)cn3c(=O)c(C(=O)O)cc1c23. The number of carbonyl (C=O) groups is 1. The molecule has 2 aromatic rings. The normalized spacial score (nSPS) is 24.8. The zero-order valence-corrected chi connectivity index (χ0v) is 14.5. The van der Waals surface area contributed by atoms with Crippen molar-refractivity contribution in [2.45, 2.75) is 38.3 Å². The molecule has 8 heteroatoms. The van der Waals surface area contributed by atoms with Crippen LogP contribution in [0.4, 0.5) is 10.1 Å². The first-order valence-electron chi connectivity index (χ1n) is 8.59. The number of carboxylic acid groups (broad SMARTS) is 1. The Hall–Kier alpha value is -2.61. The lowest BCUT2D eigenvalue weighted by Gasteiger charge is -2.31. The molecule has 0 saturated carbocycles. The van der Waals surface area contributed by atoms with Crippen LogP contribution in [-0.4, -0.2) is 40.7 Å². The van der Waals surface area contributed by atoms with Gasteiger partial charge in [0.05, 0.1) is 18.3 Å². The van der Waals surface area contributed by atoms with Crippen molar-refractivity contribution in [3.8, 4) is 5.75 Å². The summed E-state index contributed by atoms with van der Waals surface area (Å²) in [6.07, 6.45) is 1.79. The van der Waals surface area contributed by atoms with Crippen molar-refractivity contribution in [2.24, 2.45) is 5.73 Å². The van der Waals surface area contributed by atoms with Gasteiger partial charge in [0.25, 0.3) is 5.56 Å². The van der Waals surface area contributed by atoms with Crippen molar-refractivity contribution in [2.75, 3.05) is 18.1 Å². The van der Waals surface area contributed by atoms with Crippen LogP contribution in [0.2, 0.25) is 0 Å². The van der Waals surface area contributed by atoms with E-state index in [2.05, 4.69) is 0 Å². The predicted molar refractivity (Wildman–Crippen MR) is 93.9 cm³/mol. The third kappa shape index (κ3) is 2.28. The zero-order chi connectivity index (χ0) is 18.7. The molecule has 2 aromatic heterocycles. The first-order chi connectivity index (χ1) is 12.3. The Morgan fingerprint density at radius 1 is 1.42 bits per heavy atom. The molecule has 3 atom stereocenters. The van der Waals surface area contributed by atoms with E-state index in [0.29, 0.717) is 23.3 Å². The smallest absolute Gasteiger partial charge is 0.341 e. The largest absolute Gasteiger partial charge is 0.488 e. The van der Waals surface area contributed by atoms with E-state index >= 15 is 4.39 Å². The fourth-order valence-corrected chi connectivity index (χ4v) is 4.03. The van der Waals surface area contributed by atoms with Crippen LogP contribution in [0, 0.1) is 5.82 Å². The second-order valence-corrected chi connectivity index (χ2v) is 7.21. The van der Waals surface area contributed by atoms with Crippen LogP contribution in [0.1, 0.15) is 42.1 Å². The van der Waals surface area contributed by atoms with Crippen LogP contribution >= 0.6 is 0 Å². The van der Waals surface area contributed by atoms with Gasteiger partial charge in [-0.05, 0) is 25.0 Å². The summed E-state index contributed by atoms with van der Waals surface area (Å²) in [7, 11) is 0. The lowest BCUT2D eigenvalue weighted by molar-refractivity contribution is 0.0694. The Morgan fingerprint density at radius 2 is 2.15 bits per heavy atom. The molecule has 4 heterocycles. The van der Waals surface area contributed by atoms with Gasteiger partial charge < -0.3 is 20.5 Å². The van der Waals surface area contributed by atoms with Gasteiger partial charge in [0.2, 0.25) is 0 Å². The highest BCUT2D eigenvalue weighted by Gasteiger charge is 2.35. The summed E-state index contributed by atoms with van der Waals surface area (Å²) >= 11 is 0. The molecule has 2 aliphatic rings. The molecule has 4 rings (SSSR count). The number of hydrogen-bond acceptors (Lipinski definition) is 5. The minimum atomic E-state index is -1.33. The third-order valence-corrected chi connectivity index (χ3v) is 5.30. The number of halogens is 1. The van der Waals surface area contributed by atoms with Crippen LogP contribution in [0.3, 0.4) is 0 Å². The number of aromatic carboxylic acids is 1. The van der Waals surface area contributed by atoms with Crippen molar-refractivity contribution < 1.29 is 19.0 Å². The van der Waals surface area contributed by atoms with Crippen molar-refractivity contribution in [3.63, 3.8) is 0 Å². The Bertz CT molecular complexity index is 987. The number of aromatic nitrogens is 1. The number of pyridine rings is 2. The maximum absolute atomic E-state index is 15.0. The first-order valence-corrected chi connectivity index (χ1v) is 8.59. The Labute approximate surface area is 148 Å². The van der Waals surface area contributed by atoms with Gasteiger partial charge >= 0.3 is 5.97 Å². The fourth-order valence-electron chi connectivity index (χ4n) is 4.03. The van der Waals surface area contributed by atoms with Gasteiger partial charge in [-0.1, -0.05) is 6.92 Å². The van der Waals surface area contributed by atoms with E-state index in [0.717, 1.165) is 17.0 Å². The van der Waals surface area contributed by atoms with Gasteiger partial charge in [-0.3, -0.25) is 9.20 Å². The van der Waals surface area contributed by atoms with Crippen molar-refractivity contribution in [1.82, 2.24) is 4.40 Å². The number of nitrogens with zero attached hydrogens (tertiary/aromatic N) is 2. The Balaban J connectivity index is 2.07. The molecule has 138 valence electrons. The van der Waals surface area contributed by atoms with Crippen molar-refractivity contribution in [3.05, 3.63) is 39.6 Å². The predicted octanol–water partition coefficient (Wildman–Crippen LogP) is 1.56. The number of ether oxygens (including phenoxy) is 1. The van der Waals surface area contributed by atoms with Crippen molar-refractivity contribution >= 4 is 17.2 Å². The van der Waals surface area contributed by atoms with E-state index in [1.165, 1.54) is 6.07 Å². The standard InChI is InChI=1S/C18H20FN3O4/c1-8-7-26-16-14-11(8)4-12(18(24)25)17(23)22(14)6-13(19)15(16)21-5-10(20)3-9(21)2/h4,6,8-10H,3,5,7,20H2,1-2H3,(H,24,25)/t8-,9-,10-/m0/s1. The van der Waals surface area contributed by atoms with Crippen LogP contribution in [0.15, 0.2) is 17.1 Å². The summed E-state index contributed by atoms with van der Waals surface area (Å²) in [6, 6.07) is 1.36. The van der Waals surface area contributed by atoms with Gasteiger partial charge in [0.15, 0.2) is 11.6 Å². The lowest BCUT2D eigenvalue weighted by atomic mass is 9.96. The number of anilines is 1. The fraction of sp³-hybridized carbons (Fsp3) is 0.444. The number of rotatable bonds is 2. The maximum atomic E-state index is 15.0. The minimum absolute atomic E-state index is 0.0367. The average molecular weight is 361 g/mol. The number of nitrogens with two attached hydrogens (primary N) is 1. The van der Waals surface area contributed by atoms with E-state index in [-0.39, 0.29) is 35.9 Å². The highest BCUT2D eigenvalue weighted by Crippen LogP contribution is 2.43. The molecule has 1 fully saturated rings. The number of carboxylic acids is 1. The second-order valence-electron chi connectivity index (χ2n) is 7.21. The van der Waals surface area contributed by atoms with E-state index in [4.69, 9.17) is 10.5 Å². The molecule has 0 radical (unpaired) electrons. The average Bonchev–Trinajstić information content (AvgIpc) is 2.90. The van der Waals surface area contributed by atoms with E-state index in [9.17, 15) is 14.7 Å². The quantitative estimate of drug-likeness (QED) is 0.843. The second kappa shape index (κ2) is 5.70. The van der Waals surface area contributed by atoms with Crippen LogP contribution in [0.25, 0.3) is 5.52 Å². The molecule has 0 aliphatic carbocycles. The van der Waals surface area contributed by atoms with Crippen LogP contribution in [0.5, 0.6) is 5.75 Å². The summed E-state index contributed by atoms with van der Waals surface area (Å²) in [6.45, 7) is 4.62. The van der Waals surface area contributed by atoms with Crippen molar-refractivity contribution in [1.29, 1.82) is 0 Å². The van der Waals surface area contributed by atoms with Gasteiger partial charge in [-0.25, -0.2) is 9.18 Å². The van der Waals surface area contributed by atoms with E-state index < -0.39 is 17.3 Å². The molecule has 2 aliphatic heterocycles. The molecule has 1 saturated heterocycles. The molecular formula is C18H20FN3O4. The minimum Gasteiger partial charge on any atom is -0.488 e. The summed E-state index contributed by atoms with van der Waals surface area (Å²) in [5.74, 6) is -1.79. The highest BCUT2D eigenvalue weighted by molar-refractivity contribution is 5.90.